The minimum Gasteiger partial charge on any atom is -0.298 e. The fourth-order valence-electron chi connectivity index (χ4n) is 2.07. The number of nitrogens with one attached hydrogen (secondary N) is 1. The number of amides is 1. The predicted molar refractivity (Wildman–Crippen MR) is 88.7 cm³/mol. The molecule has 5 nitrogen and oxygen atoms in total. The lowest BCUT2D eigenvalue weighted by Crippen LogP contribution is -2.11. The number of imidazole rings is 1. The standard InChI is InChI=1S/C15H11ClF2N4OS/c1-8-11(12-19-6-7-22(12)14(17)18)24-15(20-8)21-13(23)9-2-4-10(16)5-3-9/h2-7,14H,1H3,(H,20,21,23). The normalized spacial score (nSPS) is 11.0. The van der Waals surface area contributed by atoms with E-state index in [0.717, 1.165) is 15.9 Å². The maximum Gasteiger partial charge on any atom is 0.320 e. The number of alkyl halides is 2. The Morgan fingerprint density at radius 1 is 1.33 bits per heavy atom. The van der Waals surface area contributed by atoms with Crippen molar-refractivity contribution in [2.45, 2.75) is 13.5 Å². The number of rotatable bonds is 4. The van der Waals surface area contributed by atoms with Crippen LogP contribution in [0.4, 0.5) is 13.9 Å². The molecule has 124 valence electrons. The van der Waals surface area contributed by atoms with Crippen molar-refractivity contribution in [1.29, 1.82) is 0 Å². The number of hydrogen-bond acceptors (Lipinski definition) is 4. The van der Waals surface area contributed by atoms with Gasteiger partial charge in [-0.3, -0.25) is 14.7 Å². The molecule has 0 bridgehead atoms. The van der Waals surface area contributed by atoms with Gasteiger partial charge in [-0.2, -0.15) is 8.78 Å². The number of aryl methyl sites for hydroxylation is 1. The molecule has 9 heteroatoms. The van der Waals surface area contributed by atoms with Crippen molar-refractivity contribution in [1.82, 2.24) is 14.5 Å². The van der Waals surface area contributed by atoms with Gasteiger partial charge in [0, 0.05) is 23.0 Å². The number of hydrogen-bond donors (Lipinski definition) is 1. The molecule has 0 radical (unpaired) electrons. The van der Waals surface area contributed by atoms with E-state index in [4.69, 9.17) is 11.6 Å². The summed E-state index contributed by atoms with van der Waals surface area (Å²) in [7, 11) is 0. The zero-order valence-corrected chi connectivity index (χ0v) is 13.9. The van der Waals surface area contributed by atoms with Gasteiger partial charge >= 0.3 is 6.55 Å². The van der Waals surface area contributed by atoms with Gasteiger partial charge in [-0.1, -0.05) is 22.9 Å². The lowest BCUT2D eigenvalue weighted by Gasteiger charge is -2.04. The molecular weight excluding hydrogens is 358 g/mol. The Bertz CT molecular complexity index is 876. The van der Waals surface area contributed by atoms with Crippen molar-refractivity contribution in [3.05, 3.63) is 52.9 Å². The first-order chi connectivity index (χ1) is 11.5. The van der Waals surface area contributed by atoms with Crippen molar-refractivity contribution >= 4 is 34.0 Å². The fourth-order valence-corrected chi connectivity index (χ4v) is 3.16. The van der Waals surface area contributed by atoms with Gasteiger partial charge < -0.3 is 0 Å². The molecule has 0 aliphatic heterocycles. The Labute approximate surface area is 144 Å². The molecule has 0 atom stereocenters. The lowest BCUT2D eigenvalue weighted by atomic mass is 10.2. The molecule has 3 rings (SSSR count). The van der Waals surface area contributed by atoms with Gasteiger partial charge in [0.2, 0.25) is 0 Å². The Morgan fingerprint density at radius 3 is 2.71 bits per heavy atom. The molecule has 0 fully saturated rings. The maximum atomic E-state index is 13.0. The maximum absolute atomic E-state index is 13.0. The summed E-state index contributed by atoms with van der Waals surface area (Å²) < 4.78 is 26.7. The summed E-state index contributed by atoms with van der Waals surface area (Å²) in [6, 6.07) is 6.38. The number of benzene rings is 1. The van der Waals surface area contributed by atoms with Crippen LogP contribution in [-0.2, 0) is 0 Å². The van der Waals surface area contributed by atoms with Crippen LogP contribution in [0.5, 0.6) is 0 Å². The van der Waals surface area contributed by atoms with E-state index in [2.05, 4.69) is 15.3 Å². The molecule has 0 aliphatic rings. The summed E-state index contributed by atoms with van der Waals surface area (Å²) in [5.41, 5.74) is 0.933. The molecule has 0 aliphatic carbocycles. The third-order valence-electron chi connectivity index (χ3n) is 3.21. The van der Waals surface area contributed by atoms with Crippen LogP contribution in [0.15, 0.2) is 36.7 Å². The van der Waals surface area contributed by atoms with E-state index in [-0.39, 0.29) is 11.7 Å². The van der Waals surface area contributed by atoms with Gasteiger partial charge in [-0.15, -0.1) is 0 Å². The van der Waals surface area contributed by atoms with E-state index < -0.39 is 6.55 Å². The smallest absolute Gasteiger partial charge is 0.298 e. The van der Waals surface area contributed by atoms with Crippen LogP contribution in [0.1, 0.15) is 22.6 Å². The molecule has 0 spiro atoms. The summed E-state index contributed by atoms with van der Waals surface area (Å²) in [4.78, 5) is 20.8. The molecule has 1 N–H and O–H groups in total. The van der Waals surface area contributed by atoms with E-state index in [9.17, 15) is 13.6 Å². The van der Waals surface area contributed by atoms with Crippen molar-refractivity contribution in [2.75, 3.05) is 5.32 Å². The SMILES string of the molecule is Cc1nc(NC(=O)c2ccc(Cl)cc2)sc1-c1nccn1C(F)F. The monoisotopic (exact) mass is 368 g/mol. The second kappa shape index (κ2) is 6.66. The zero-order chi connectivity index (χ0) is 17.3. The topological polar surface area (TPSA) is 59.8 Å². The molecule has 2 heterocycles. The highest BCUT2D eigenvalue weighted by atomic mass is 35.5. The quantitative estimate of drug-likeness (QED) is 0.731. The molecule has 0 saturated heterocycles. The van der Waals surface area contributed by atoms with Gasteiger partial charge in [0.1, 0.15) is 0 Å². The number of aromatic nitrogens is 3. The van der Waals surface area contributed by atoms with Crippen LogP contribution in [-0.4, -0.2) is 20.4 Å². The van der Waals surface area contributed by atoms with Gasteiger partial charge in [-0.25, -0.2) is 9.97 Å². The van der Waals surface area contributed by atoms with Crippen LogP contribution < -0.4 is 5.32 Å². The molecule has 3 aromatic rings. The zero-order valence-electron chi connectivity index (χ0n) is 12.3. The highest BCUT2D eigenvalue weighted by Gasteiger charge is 2.19. The highest BCUT2D eigenvalue weighted by Crippen LogP contribution is 2.33. The van der Waals surface area contributed by atoms with Crippen molar-refractivity contribution < 1.29 is 13.6 Å². The van der Waals surface area contributed by atoms with E-state index in [1.807, 2.05) is 0 Å². The van der Waals surface area contributed by atoms with Crippen molar-refractivity contribution in [3.8, 4) is 10.7 Å². The van der Waals surface area contributed by atoms with Gasteiger partial charge in [0.25, 0.3) is 5.91 Å². The number of nitrogens with zero attached hydrogens (tertiary/aromatic N) is 3. The molecule has 24 heavy (non-hydrogen) atoms. The third-order valence-corrected chi connectivity index (χ3v) is 4.53. The van der Waals surface area contributed by atoms with Crippen molar-refractivity contribution in [3.63, 3.8) is 0 Å². The molecule has 1 amide bonds. The fraction of sp³-hybridized carbons (Fsp3) is 0.133. The summed E-state index contributed by atoms with van der Waals surface area (Å²) in [6.07, 6.45) is 2.50. The van der Waals surface area contributed by atoms with Gasteiger partial charge in [0.15, 0.2) is 11.0 Å². The van der Waals surface area contributed by atoms with E-state index >= 15 is 0 Å². The number of halogens is 3. The average Bonchev–Trinajstić information content (AvgIpc) is 3.14. The summed E-state index contributed by atoms with van der Waals surface area (Å²) in [5.74, 6) is -0.240. The Balaban J connectivity index is 1.85. The second-order valence-electron chi connectivity index (χ2n) is 4.83. The average molecular weight is 369 g/mol. The van der Waals surface area contributed by atoms with Crippen LogP contribution in [0.25, 0.3) is 10.7 Å². The summed E-state index contributed by atoms with van der Waals surface area (Å²) >= 11 is 6.87. The number of carbonyl (C=O) groups is 1. The largest absolute Gasteiger partial charge is 0.320 e. The van der Waals surface area contributed by atoms with Gasteiger partial charge in [-0.05, 0) is 31.2 Å². The van der Waals surface area contributed by atoms with Crippen LogP contribution in [0, 0.1) is 6.92 Å². The molecule has 1 aromatic carbocycles. The van der Waals surface area contributed by atoms with E-state index in [1.54, 1.807) is 31.2 Å². The Hall–Kier alpha value is -2.32. The number of anilines is 1. The van der Waals surface area contributed by atoms with Crippen LogP contribution >= 0.6 is 22.9 Å². The summed E-state index contributed by atoms with van der Waals surface area (Å²) in [6.45, 7) is -1.02. The van der Waals surface area contributed by atoms with E-state index in [0.29, 0.717) is 26.3 Å². The first-order valence-corrected chi connectivity index (χ1v) is 8.01. The van der Waals surface area contributed by atoms with Gasteiger partial charge in [0.05, 0.1) is 10.6 Å². The molecule has 2 aromatic heterocycles. The minimum absolute atomic E-state index is 0.118. The summed E-state index contributed by atoms with van der Waals surface area (Å²) in [5, 5.41) is 3.49. The first kappa shape index (κ1) is 16.5. The Kier molecular flexibility index (Phi) is 4.59. The molecular formula is C15H11ClF2N4OS. The Morgan fingerprint density at radius 2 is 2.04 bits per heavy atom. The molecule has 0 saturated carbocycles. The predicted octanol–water partition coefficient (Wildman–Crippen LogP) is 4.62. The minimum atomic E-state index is -2.70. The number of thiazole rings is 1. The third kappa shape index (κ3) is 3.29. The molecule has 0 unspecified atom stereocenters. The lowest BCUT2D eigenvalue weighted by molar-refractivity contribution is 0.0720. The highest BCUT2D eigenvalue weighted by molar-refractivity contribution is 7.19. The van der Waals surface area contributed by atoms with Crippen molar-refractivity contribution in [2.24, 2.45) is 0 Å². The first-order valence-electron chi connectivity index (χ1n) is 6.81. The second-order valence-corrected chi connectivity index (χ2v) is 6.27. The van der Waals surface area contributed by atoms with E-state index in [1.165, 1.54) is 12.4 Å². The van der Waals surface area contributed by atoms with Crippen LogP contribution in [0.3, 0.4) is 0 Å². The number of carbonyl (C=O) groups excluding carboxylic acids is 1. The van der Waals surface area contributed by atoms with Crippen LogP contribution in [0.2, 0.25) is 5.02 Å².